The Bertz CT molecular complexity index is 717. The smallest absolute Gasteiger partial charge is 0.342 e. The number of ether oxygens (including phenoxy) is 1. The van der Waals surface area contributed by atoms with Gasteiger partial charge in [0.25, 0.3) is 5.91 Å². The van der Waals surface area contributed by atoms with Crippen LogP contribution in [0.2, 0.25) is 0 Å². The fourth-order valence-electron chi connectivity index (χ4n) is 3.18. The average Bonchev–Trinajstić information content (AvgIpc) is 3.25. The van der Waals surface area contributed by atoms with Gasteiger partial charge in [0.05, 0.1) is 5.56 Å². The van der Waals surface area contributed by atoms with Crippen LogP contribution in [0.1, 0.15) is 66.2 Å². The molecule has 0 spiro atoms. The van der Waals surface area contributed by atoms with Gasteiger partial charge in [-0.1, -0.05) is 12.8 Å². The van der Waals surface area contributed by atoms with Crippen LogP contribution in [-0.4, -0.2) is 29.9 Å². The molecule has 0 aromatic carbocycles. The lowest BCUT2D eigenvalue weighted by molar-refractivity contribution is -0.129. The van der Waals surface area contributed by atoms with Gasteiger partial charge in [-0.3, -0.25) is 9.59 Å². The first kappa shape index (κ1) is 18.9. The Morgan fingerprint density at radius 3 is 2.38 bits per heavy atom. The highest BCUT2D eigenvalue weighted by molar-refractivity contribution is 7.16. The highest BCUT2D eigenvalue weighted by atomic mass is 32.1. The van der Waals surface area contributed by atoms with Gasteiger partial charge in [0.15, 0.2) is 6.10 Å². The number of carbonyl (C=O) groups excluding carboxylic acids is 3. The molecule has 2 saturated carbocycles. The highest BCUT2D eigenvalue weighted by Crippen LogP contribution is 2.36. The van der Waals surface area contributed by atoms with Gasteiger partial charge in [-0.15, -0.1) is 11.3 Å². The van der Waals surface area contributed by atoms with Crippen molar-refractivity contribution in [2.24, 2.45) is 5.92 Å². The van der Waals surface area contributed by atoms with Gasteiger partial charge in [0, 0.05) is 16.8 Å². The number of nitrogens with one attached hydrogen (secondary N) is 2. The molecule has 26 heavy (non-hydrogen) atoms. The molecular weight excluding hydrogens is 352 g/mol. The van der Waals surface area contributed by atoms with Crippen LogP contribution in [0.3, 0.4) is 0 Å². The van der Waals surface area contributed by atoms with Gasteiger partial charge in [-0.05, 0) is 52.0 Å². The van der Waals surface area contributed by atoms with Crippen LogP contribution in [-0.2, 0) is 14.3 Å². The van der Waals surface area contributed by atoms with Gasteiger partial charge < -0.3 is 15.4 Å². The zero-order chi connectivity index (χ0) is 18.8. The second-order valence-electron chi connectivity index (χ2n) is 7.29. The molecule has 1 atom stereocenters. The molecule has 1 aromatic rings. The molecule has 2 aliphatic rings. The van der Waals surface area contributed by atoms with Crippen LogP contribution in [0.15, 0.2) is 0 Å². The first-order valence-electron chi connectivity index (χ1n) is 9.29. The molecule has 1 aromatic heterocycles. The van der Waals surface area contributed by atoms with E-state index >= 15 is 0 Å². The molecular formula is C19H26N2O4S. The number of hydrogen-bond donors (Lipinski definition) is 2. The Morgan fingerprint density at radius 2 is 1.77 bits per heavy atom. The van der Waals surface area contributed by atoms with Crippen molar-refractivity contribution in [1.29, 1.82) is 0 Å². The SMILES string of the molecule is Cc1sc(NC(=O)C2CC2)c(C(=O)OC(C)C(=O)NC2CCCC2)c1C. The second-order valence-corrected chi connectivity index (χ2v) is 8.51. The number of thiophene rings is 1. The minimum atomic E-state index is -0.866. The Kier molecular flexibility index (Phi) is 5.65. The predicted molar refractivity (Wildman–Crippen MR) is 100 cm³/mol. The number of hydrogen-bond acceptors (Lipinski definition) is 5. The van der Waals surface area contributed by atoms with Crippen molar-refractivity contribution in [2.75, 3.05) is 5.32 Å². The van der Waals surface area contributed by atoms with E-state index in [0.29, 0.717) is 10.6 Å². The molecule has 2 fully saturated rings. The summed E-state index contributed by atoms with van der Waals surface area (Å²) in [4.78, 5) is 38.0. The monoisotopic (exact) mass is 378 g/mol. The van der Waals surface area contributed by atoms with E-state index in [2.05, 4.69) is 10.6 Å². The average molecular weight is 378 g/mol. The van der Waals surface area contributed by atoms with Gasteiger partial charge in [-0.2, -0.15) is 0 Å². The van der Waals surface area contributed by atoms with E-state index in [-0.39, 0.29) is 23.8 Å². The summed E-state index contributed by atoms with van der Waals surface area (Å²) in [6, 6.07) is 0.183. The molecule has 2 amide bonds. The van der Waals surface area contributed by atoms with E-state index in [9.17, 15) is 14.4 Å². The molecule has 6 nitrogen and oxygen atoms in total. The predicted octanol–water partition coefficient (Wildman–Crippen LogP) is 3.32. The number of carbonyl (C=O) groups is 3. The zero-order valence-electron chi connectivity index (χ0n) is 15.5. The lowest BCUT2D eigenvalue weighted by atomic mass is 10.1. The molecule has 2 N–H and O–H groups in total. The van der Waals surface area contributed by atoms with Crippen LogP contribution < -0.4 is 10.6 Å². The third kappa shape index (κ3) is 4.26. The number of rotatable bonds is 6. The van der Waals surface area contributed by atoms with E-state index in [1.165, 1.54) is 11.3 Å². The maximum atomic E-state index is 12.7. The zero-order valence-corrected chi connectivity index (χ0v) is 16.3. The van der Waals surface area contributed by atoms with E-state index in [1.807, 2.05) is 13.8 Å². The molecule has 0 aliphatic heterocycles. The highest BCUT2D eigenvalue weighted by Gasteiger charge is 2.32. The molecule has 1 unspecified atom stereocenters. The van der Waals surface area contributed by atoms with Crippen LogP contribution in [0.25, 0.3) is 0 Å². The lowest BCUT2D eigenvalue weighted by Crippen LogP contribution is -2.41. The second kappa shape index (κ2) is 7.78. The maximum absolute atomic E-state index is 12.7. The van der Waals surface area contributed by atoms with Crippen molar-refractivity contribution < 1.29 is 19.1 Å². The third-order valence-corrected chi connectivity index (χ3v) is 6.25. The Morgan fingerprint density at radius 1 is 1.12 bits per heavy atom. The molecule has 1 heterocycles. The minimum Gasteiger partial charge on any atom is -0.449 e. The van der Waals surface area contributed by atoms with Crippen LogP contribution >= 0.6 is 11.3 Å². The summed E-state index contributed by atoms with van der Waals surface area (Å²) in [6.07, 6.45) is 5.13. The molecule has 7 heteroatoms. The van der Waals surface area contributed by atoms with Gasteiger partial charge in [0.2, 0.25) is 5.91 Å². The summed E-state index contributed by atoms with van der Waals surface area (Å²) in [5.41, 5.74) is 1.15. The topological polar surface area (TPSA) is 84.5 Å². The van der Waals surface area contributed by atoms with Crippen molar-refractivity contribution in [3.63, 3.8) is 0 Å². The fraction of sp³-hybridized carbons (Fsp3) is 0.632. The summed E-state index contributed by atoms with van der Waals surface area (Å²) < 4.78 is 5.41. The van der Waals surface area contributed by atoms with Crippen LogP contribution in [0.4, 0.5) is 5.00 Å². The van der Waals surface area contributed by atoms with E-state index in [4.69, 9.17) is 4.74 Å². The number of amides is 2. The van der Waals surface area contributed by atoms with Crippen LogP contribution in [0, 0.1) is 19.8 Å². The van der Waals surface area contributed by atoms with Gasteiger partial charge in [-0.25, -0.2) is 4.79 Å². The molecule has 0 bridgehead atoms. The fourth-order valence-corrected chi connectivity index (χ4v) is 4.23. The van der Waals surface area contributed by atoms with E-state index < -0.39 is 12.1 Å². The third-order valence-electron chi connectivity index (χ3n) is 5.13. The lowest BCUT2D eigenvalue weighted by Gasteiger charge is -2.17. The molecule has 2 aliphatic carbocycles. The summed E-state index contributed by atoms with van der Waals surface area (Å²) in [5.74, 6) is -0.824. The van der Waals surface area contributed by atoms with Crippen molar-refractivity contribution >= 4 is 34.1 Å². The Balaban J connectivity index is 1.66. The standard InChI is InChI=1S/C19H26N2O4S/c1-10-12(3)26-18(21-17(23)13-8-9-13)15(10)19(24)25-11(2)16(22)20-14-6-4-5-7-14/h11,13-14H,4-9H2,1-3H3,(H,20,22)(H,21,23). The molecule has 142 valence electrons. The maximum Gasteiger partial charge on any atom is 0.342 e. The number of anilines is 1. The van der Waals surface area contributed by atoms with Crippen molar-refractivity contribution in [1.82, 2.24) is 5.32 Å². The minimum absolute atomic E-state index is 0.0488. The summed E-state index contributed by atoms with van der Waals surface area (Å²) >= 11 is 1.37. The molecule has 0 saturated heterocycles. The molecule has 3 rings (SSSR count). The first-order valence-corrected chi connectivity index (χ1v) is 10.1. The summed E-state index contributed by atoms with van der Waals surface area (Å²) in [7, 11) is 0. The quantitative estimate of drug-likeness (QED) is 0.744. The van der Waals surface area contributed by atoms with Crippen molar-refractivity contribution in [2.45, 2.75) is 71.4 Å². The van der Waals surface area contributed by atoms with Gasteiger partial charge in [0.1, 0.15) is 5.00 Å². The van der Waals surface area contributed by atoms with Crippen molar-refractivity contribution in [3.05, 3.63) is 16.0 Å². The van der Waals surface area contributed by atoms with E-state index in [0.717, 1.165) is 49.0 Å². The molecule has 0 radical (unpaired) electrons. The van der Waals surface area contributed by atoms with Crippen molar-refractivity contribution in [3.8, 4) is 0 Å². The largest absolute Gasteiger partial charge is 0.449 e. The summed E-state index contributed by atoms with van der Waals surface area (Å²) in [6.45, 7) is 5.32. The Hall–Kier alpha value is -1.89. The first-order chi connectivity index (χ1) is 12.4. The summed E-state index contributed by atoms with van der Waals surface area (Å²) in [5, 5.41) is 6.32. The Labute approximate surface area is 157 Å². The van der Waals surface area contributed by atoms with E-state index in [1.54, 1.807) is 6.92 Å². The number of aryl methyl sites for hydroxylation is 1. The van der Waals surface area contributed by atoms with Gasteiger partial charge >= 0.3 is 5.97 Å². The van der Waals surface area contributed by atoms with Crippen LogP contribution in [0.5, 0.6) is 0 Å². The number of esters is 1. The normalized spacial score (nSPS) is 18.4.